The quantitative estimate of drug-likeness (QED) is 0.145. The molecule has 4 aliphatic rings. The second-order valence-corrected chi connectivity index (χ2v) is 15.5. The number of cyclic esters (lactones) is 1. The van der Waals surface area contributed by atoms with Gasteiger partial charge in [-0.2, -0.15) is 0 Å². The van der Waals surface area contributed by atoms with Crippen LogP contribution in [0.1, 0.15) is 83.6 Å². The fraction of sp³-hybridized carbons (Fsp3) is 0.658. The normalized spacial score (nSPS) is 27.2. The Bertz CT molecular complexity index is 1750. The average Bonchev–Trinajstić information content (AvgIpc) is 3.85. The van der Waals surface area contributed by atoms with Crippen molar-refractivity contribution < 1.29 is 47.1 Å². The van der Waals surface area contributed by atoms with Crippen LogP contribution in [0.2, 0.25) is 0 Å². The smallest absolute Gasteiger partial charge is 0.328 e. The Kier molecular flexibility index (Phi) is 14.4. The largest absolute Gasteiger partial charge is 0.461 e. The Labute approximate surface area is 329 Å². The molecule has 0 aromatic heterocycles. The van der Waals surface area contributed by atoms with Crippen LogP contribution in [0.15, 0.2) is 23.3 Å². The summed E-state index contributed by atoms with van der Waals surface area (Å²) in [6, 6.07) is -5.74. The molecule has 57 heavy (non-hydrogen) atoms. The Morgan fingerprint density at radius 2 is 1.67 bits per heavy atom. The number of azide groups is 1. The zero-order valence-electron chi connectivity index (χ0n) is 32.5. The van der Waals surface area contributed by atoms with Crippen molar-refractivity contribution in [3.05, 3.63) is 45.8 Å². The highest BCUT2D eigenvalue weighted by Gasteiger charge is 2.45. The maximum absolute atomic E-state index is 14.4. The van der Waals surface area contributed by atoms with E-state index < -0.39 is 102 Å². The van der Waals surface area contributed by atoms with Gasteiger partial charge in [0.05, 0.1) is 6.04 Å². The summed E-state index contributed by atoms with van der Waals surface area (Å²) in [7, 11) is 1.39. The number of rotatable bonds is 9. The van der Waals surface area contributed by atoms with Crippen LogP contribution in [-0.2, 0) is 44.7 Å². The zero-order valence-corrected chi connectivity index (χ0v) is 32.5. The SMILES string of the molecule is C[C@@H]1NC(=O)[C@H](C)N(C)C(=O)[C@@H]2CCCN2C(=O)[C@@H](NC(=O)[C@H](Cc2cc(F)cc(F)c2)NC(=O)CCC2CCCCC2)COC(=O)[C@@H]2C[C@H](N=[N+]=[N-])CN2C1=O. The first kappa shape index (κ1) is 42.8. The van der Waals surface area contributed by atoms with E-state index in [1.165, 1.54) is 25.8 Å². The fourth-order valence-electron chi connectivity index (χ4n) is 8.13. The maximum atomic E-state index is 14.4. The van der Waals surface area contributed by atoms with Crippen LogP contribution in [0.25, 0.3) is 10.4 Å². The maximum Gasteiger partial charge on any atom is 0.328 e. The van der Waals surface area contributed by atoms with Gasteiger partial charge in [0.25, 0.3) is 0 Å². The minimum Gasteiger partial charge on any atom is -0.461 e. The van der Waals surface area contributed by atoms with E-state index in [-0.39, 0.29) is 44.3 Å². The van der Waals surface area contributed by atoms with E-state index in [1.54, 1.807) is 0 Å². The van der Waals surface area contributed by atoms with Gasteiger partial charge in [0.1, 0.15) is 54.5 Å². The number of carbonyl (C=O) groups is 7. The minimum atomic E-state index is -1.63. The molecule has 3 aliphatic heterocycles. The number of benzene rings is 1. The number of likely N-dealkylation sites (N-methyl/N-ethyl adjacent to an activating group) is 1. The molecule has 5 rings (SSSR count). The van der Waals surface area contributed by atoms with Crippen molar-refractivity contribution in [2.75, 3.05) is 26.7 Å². The van der Waals surface area contributed by atoms with E-state index in [2.05, 4.69) is 26.0 Å². The third-order valence-corrected chi connectivity index (χ3v) is 11.4. The van der Waals surface area contributed by atoms with Crippen LogP contribution in [0, 0.1) is 17.6 Å². The molecule has 0 radical (unpaired) electrons. The summed E-state index contributed by atoms with van der Waals surface area (Å²) in [4.78, 5) is 102. The first-order valence-electron chi connectivity index (χ1n) is 19.6. The molecule has 0 bridgehead atoms. The van der Waals surface area contributed by atoms with E-state index in [0.717, 1.165) is 54.0 Å². The van der Waals surface area contributed by atoms with Crippen LogP contribution in [-0.4, -0.2) is 125 Å². The number of nitrogens with zero attached hydrogens (tertiary/aromatic N) is 6. The van der Waals surface area contributed by atoms with E-state index in [1.807, 2.05) is 0 Å². The van der Waals surface area contributed by atoms with E-state index >= 15 is 0 Å². The number of amides is 6. The molecule has 3 saturated heterocycles. The molecule has 7 atom stereocenters. The lowest BCUT2D eigenvalue weighted by atomic mass is 9.86. The molecule has 1 aromatic rings. The number of halogens is 2. The van der Waals surface area contributed by atoms with Gasteiger partial charge in [-0.05, 0) is 68.7 Å². The highest BCUT2D eigenvalue weighted by Crippen LogP contribution is 2.28. The fourth-order valence-corrected chi connectivity index (χ4v) is 8.13. The van der Waals surface area contributed by atoms with Gasteiger partial charge in [-0.1, -0.05) is 37.2 Å². The summed E-state index contributed by atoms with van der Waals surface area (Å²) in [6.45, 7) is 2.02. The van der Waals surface area contributed by atoms with Crippen LogP contribution < -0.4 is 16.0 Å². The monoisotopic (exact) mass is 799 g/mol. The number of hydrogen-bond acceptors (Lipinski definition) is 9. The lowest BCUT2D eigenvalue weighted by Gasteiger charge is -2.34. The van der Waals surface area contributed by atoms with Crippen molar-refractivity contribution in [1.82, 2.24) is 30.7 Å². The molecule has 1 aromatic carbocycles. The van der Waals surface area contributed by atoms with E-state index in [4.69, 9.17) is 10.3 Å². The van der Waals surface area contributed by atoms with Gasteiger partial charge in [-0.3, -0.25) is 28.8 Å². The highest BCUT2D eigenvalue weighted by atomic mass is 19.1. The molecular weight excluding hydrogens is 748 g/mol. The zero-order chi connectivity index (χ0) is 41.4. The van der Waals surface area contributed by atoms with Crippen LogP contribution in [0.5, 0.6) is 0 Å². The molecule has 310 valence electrons. The molecule has 17 nitrogen and oxygen atoms in total. The summed E-state index contributed by atoms with van der Waals surface area (Å²) >= 11 is 0. The minimum absolute atomic E-state index is 0.0529. The van der Waals surface area contributed by atoms with Gasteiger partial charge < -0.3 is 35.4 Å². The topological polar surface area (TPSA) is 223 Å². The number of hydrogen-bond donors (Lipinski definition) is 3. The number of esters is 1. The average molecular weight is 800 g/mol. The third-order valence-electron chi connectivity index (χ3n) is 11.4. The van der Waals surface area contributed by atoms with Gasteiger partial charge in [-0.15, -0.1) is 0 Å². The third kappa shape index (κ3) is 10.8. The summed E-state index contributed by atoms with van der Waals surface area (Å²) in [5.74, 6) is -6.57. The van der Waals surface area contributed by atoms with Crippen molar-refractivity contribution in [2.24, 2.45) is 11.0 Å². The van der Waals surface area contributed by atoms with Crippen molar-refractivity contribution >= 4 is 41.4 Å². The number of carbonyl (C=O) groups excluding carboxylic acids is 7. The predicted octanol–water partition coefficient (Wildman–Crippen LogP) is 2.02. The Morgan fingerprint density at radius 1 is 0.965 bits per heavy atom. The Balaban J connectivity index is 1.44. The summed E-state index contributed by atoms with van der Waals surface area (Å²) in [5, 5.41) is 11.5. The second-order valence-electron chi connectivity index (χ2n) is 15.5. The van der Waals surface area contributed by atoms with Crippen LogP contribution >= 0.6 is 0 Å². The predicted molar refractivity (Wildman–Crippen MR) is 198 cm³/mol. The number of fused-ring (bicyclic) bond motifs is 2. The van der Waals surface area contributed by atoms with E-state index in [0.29, 0.717) is 24.8 Å². The van der Waals surface area contributed by atoms with Gasteiger partial charge >= 0.3 is 5.97 Å². The summed E-state index contributed by atoms with van der Waals surface area (Å²) in [6.07, 6.45) is 6.07. The Hall–Kier alpha value is -5.32. The summed E-state index contributed by atoms with van der Waals surface area (Å²) < 4.78 is 34.1. The molecule has 6 amide bonds. The molecule has 0 unspecified atom stereocenters. The van der Waals surface area contributed by atoms with Crippen LogP contribution in [0.4, 0.5) is 8.78 Å². The standard InChI is InChI=1S/C38H51F2N9O8/c1-21-35(53)49-19-27(45-46-41)18-31(49)38(56)57-20-29(36(54)48-13-7-10-30(48)37(55)47(3)22(2)33(51)42-21)44-34(52)28(16-24-14-25(39)17-26(40)15-24)43-32(50)12-11-23-8-5-4-6-9-23/h14-15,17,21-23,27-31H,4-13,16,18-20H2,1-3H3,(H,42,51)(H,43,50)(H,44,52)/t21-,22-,27-,28-,29-,30-,31-/m0/s1. The van der Waals surface area contributed by atoms with Crippen molar-refractivity contribution in [3.63, 3.8) is 0 Å². The number of nitrogens with one attached hydrogen (secondary N) is 3. The molecule has 4 fully saturated rings. The molecule has 1 saturated carbocycles. The van der Waals surface area contributed by atoms with Crippen molar-refractivity contribution in [3.8, 4) is 0 Å². The molecular formula is C38H51F2N9O8. The molecule has 3 N–H and O–H groups in total. The first-order chi connectivity index (χ1) is 27.2. The van der Waals surface area contributed by atoms with Gasteiger partial charge in [0, 0.05) is 44.0 Å². The molecule has 0 spiro atoms. The summed E-state index contributed by atoms with van der Waals surface area (Å²) in [5.41, 5.74) is 9.13. The van der Waals surface area contributed by atoms with Crippen LogP contribution in [0.3, 0.4) is 0 Å². The van der Waals surface area contributed by atoms with Gasteiger partial charge in [-0.25, -0.2) is 13.6 Å². The molecule has 3 heterocycles. The molecule has 19 heteroatoms. The van der Waals surface area contributed by atoms with E-state index in [9.17, 15) is 42.3 Å². The lowest BCUT2D eigenvalue weighted by Crippen LogP contribution is -2.60. The van der Waals surface area contributed by atoms with Gasteiger partial charge in [0.2, 0.25) is 35.4 Å². The second kappa shape index (κ2) is 19.2. The van der Waals surface area contributed by atoms with Gasteiger partial charge in [0.15, 0.2) is 0 Å². The lowest BCUT2D eigenvalue weighted by molar-refractivity contribution is -0.158. The molecule has 1 aliphatic carbocycles. The highest BCUT2D eigenvalue weighted by molar-refractivity contribution is 5.97. The van der Waals surface area contributed by atoms with Crippen molar-refractivity contribution in [1.29, 1.82) is 0 Å². The first-order valence-corrected chi connectivity index (χ1v) is 19.6. The number of ether oxygens (including phenoxy) is 1. The van der Waals surface area contributed by atoms with Crippen molar-refractivity contribution in [2.45, 2.75) is 127 Å². The Morgan fingerprint density at radius 3 is 2.35 bits per heavy atom.